The molecule has 0 saturated carbocycles. The van der Waals surface area contributed by atoms with Gasteiger partial charge in [0, 0.05) is 17.3 Å². The smallest absolute Gasteiger partial charge is 0.356 e. The second kappa shape index (κ2) is 4.69. The molecule has 108 valence electrons. The SMILES string of the molecule is Cc1c(-n2nc(C(=O)O)c3c2CCC3)cccc1[N+](=O)[O-]. The van der Waals surface area contributed by atoms with Crippen molar-refractivity contribution in [2.45, 2.75) is 26.2 Å². The van der Waals surface area contributed by atoms with E-state index in [1.807, 2.05) is 0 Å². The lowest BCUT2D eigenvalue weighted by Crippen LogP contribution is -2.07. The Morgan fingerprint density at radius 2 is 2.19 bits per heavy atom. The lowest BCUT2D eigenvalue weighted by molar-refractivity contribution is -0.385. The van der Waals surface area contributed by atoms with Crippen LogP contribution in [0.1, 0.15) is 33.7 Å². The predicted octanol–water partition coefficient (Wildman–Crippen LogP) is 2.28. The molecule has 0 atom stereocenters. The molecule has 0 radical (unpaired) electrons. The Balaban J connectivity index is 2.23. The molecule has 0 amide bonds. The standard InChI is InChI=1S/C14H13N3O4/c1-8-10(5-3-6-11(8)17(20)21)16-12-7-2-4-9(12)13(15-16)14(18)19/h3,5-6H,2,4,7H2,1H3,(H,18,19). The quantitative estimate of drug-likeness (QED) is 0.689. The summed E-state index contributed by atoms with van der Waals surface area (Å²) >= 11 is 0. The average Bonchev–Trinajstić information content (AvgIpc) is 3.00. The first kappa shape index (κ1) is 13.3. The van der Waals surface area contributed by atoms with Crippen molar-refractivity contribution in [3.63, 3.8) is 0 Å². The second-order valence-electron chi connectivity index (χ2n) is 5.02. The van der Waals surface area contributed by atoms with Gasteiger partial charge in [-0.2, -0.15) is 5.10 Å². The summed E-state index contributed by atoms with van der Waals surface area (Å²) in [6.07, 6.45) is 2.30. The maximum Gasteiger partial charge on any atom is 0.356 e. The molecule has 1 aliphatic rings. The fraction of sp³-hybridized carbons (Fsp3) is 0.286. The summed E-state index contributed by atoms with van der Waals surface area (Å²) in [5.74, 6) is -1.06. The maximum absolute atomic E-state index is 11.3. The van der Waals surface area contributed by atoms with Gasteiger partial charge in [-0.25, -0.2) is 9.48 Å². The molecule has 7 nitrogen and oxygen atoms in total. The molecule has 0 spiro atoms. The van der Waals surface area contributed by atoms with E-state index in [1.165, 1.54) is 6.07 Å². The molecule has 0 unspecified atom stereocenters. The topological polar surface area (TPSA) is 98.3 Å². The number of aromatic nitrogens is 2. The molecule has 0 fully saturated rings. The summed E-state index contributed by atoms with van der Waals surface area (Å²) in [4.78, 5) is 21.9. The largest absolute Gasteiger partial charge is 0.476 e. The number of benzene rings is 1. The summed E-state index contributed by atoms with van der Waals surface area (Å²) in [6.45, 7) is 1.65. The number of carboxylic acid groups (broad SMARTS) is 1. The third kappa shape index (κ3) is 1.97. The summed E-state index contributed by atoms with van der Waals surface area (Å²) in [5, 5.41) is 24.4. The molecule has 1 heterocycles. The fourth-order valence-corrected chi connectivity index (χ4v) is 2.85. The summed E-state index contributed by atoms with van der Waals surface area (Å²) < 4.78 is 1.55. The van der Waals surface area contributed by atoms with E-state index >= 15 is 0 Å². The highest BCUT2D eigenvalue weighted by Crippen LogP contribution is 2.31. The van der Waals surface area contributed by atoms with E-state index < -0.39 is 10.9 Å². The number of nitro benzene ring substituents is 1. The van der Waals surface area contributed by atoms with Gasteiger partial charge in [0.2, 0.25) is 0 Å². The number of carbonyl (C=O) groups is 1. The van der Waals surface area contributed by atoms with E-state index in [2.05, 4.69) is 5.10 Å². The predicted molar refractivity (Wildman–Crippen MR) is 73.9 cm³/mol. The zero-order valence-electron chi connectivity index (χ0n) is 11.4. The van der Waals surface area contributed by atoms with Crippen molar-refractivity contribution < 1.29 is 14.8 Å². The molecular formula is C14H13N3O4. The first-order chi connectivity index (χ1) is 10.0. The molecule has 1 N–H and O–H groups in total. The monoisotopic (exact) mass is 287 g/mol. The molecule has 0 bridgehead atoms. The second-order valence-corrected chi connectivity index (χ2v) is 5.02. The molecular weight excluding hydrogens is 274 g/mol. The van der Waals surface area contributed by atoms with E-state index in [0.29, 0.717) is 17.7 Å². The van der Waals surface area contributed by atoms with Crippen molar-refractivity contribution in [1.29, 1.82) is 0 Å². The van der Waals surface area contributed by atoms with E-state index in [1.54, 1.807) is 23.7 Å². The van der Waals surface area contributed by atoms with Crippen LogP contribution in [-0.2, 0) is 12.8 Å². The average molecular weight is 287 g/mol. The van der Waals surface area contributed by atoms with Crippen LogP contribution in [0.15, 0.2) is 18.2 Å². The maximum atomic E-state index is 11.3. The van der Waals surface area contributed by atoms with Crippen LogP contribution in [0.5, 0.6) is 0 Å². The van der Waals surface area contributed by atoms with Crippen molar-refractivity contribution in [2.75, 3.05) is 0 Å². The third-order valence-corrected chi connectivity index (χ3v) is 3.83. The number of aromatic carboxylic acids is 1. The van der Waals surface area contributed by atoms with Gasteiger partial charge < -0.3 is 5.11 Å². The van der Waals surface area contributed by atoms with Crippen molar-refractivity contribution >= 4 is 11.7 Å². The lowest BCUT2D eigenvalue weighted by atomic mass is 10.1. The normalized spacial score (nSPS) is 13.2. The highest BCUT2D eigenvalue weighted by atomic mass is 16.6. The molecule has 0 saturated heterocycles. The Morgan fingerprint density at radius 3 is 2.86 bits per heavy atom. The van der Waals surface area contributed by atoms with Crippen LogP contribution in [0.4, 0.5) is 5.69 Å². The number of hydrogen-bond acceptors (Lipinski definition) is 4. The summed E-state index contributed by atoms with van der Waals surface area (Å²) in [5.41, 5.74) is 2.69. The molecule has 21 heavy (non-hydrogen) atoms. The van der Waals surface area contributed by atoms with E-state index in [0.717, 1.165) is 24.1 Å². The number of rotatable bonds is 3. The highest BCUT2D eigenvalue weighted by Gasteiger charge is 2.28. The fourth-order valence-electron chi connectivity index (χ4n) is 2.85. The van der Waals surface area contributed by atoms with Gasteiger partial charge in [0.15, 0.2) is 5.69 Å². The molecule has 1 aromatic heterocycles. The van der Waals surface area contributed by atoms with Crippen molar-refractivity contribution in [2.24, 2.45) is 0 Å². The number of fused-ring (bicyclic) bond motifs is 1. The van der Waals surface area contributed by atoms with Gasteiger partial charge in [-0.15, -0.1) is 0 Å². The van der Waals surface area contributed by atoms with Crippen LogP contribution in [-0.4, -0.2) is 25.8 Å². The lowest BCUT2D eigenvalue weighted by Gasteiger charge is -2.09. The first-order valence-corrected chi connectivity index (χ1v) is 6.59. The van der Waals surface area contributed by atoms with E-state index in [9.17, 15) is 20.0 Å². The van der Waals surface area contributed by atoms with Crippen LogP contribution >= 0.6 is 0 Å². The van der Waals surface area contributed by atoms with E-state index in [4.69, 9.17) is 0 Å². The van der Waals surface area contributed by atoms with Gasteiger partial charge in [-0.05, 0) is 32.3 Å². The zero-order chi connectivity index (χ0) is 15.1. The minimum Gasteiger partial charge on any atom is -0.476 e. The minimum absolute atomic E-state index is 0.00613. The Bertz CT molecular complexity index is 764. The highest BCUT2D eigenvalue weighted by molar-refractivity contribution is 5.87. The van der Waals surface area contributed by atoms with Gasteiger partial charge in [0.1, 0.15) is 0 Å². The number of hydrogen-bond donors (Lipinski definition) is 1. The van der Waals surface area contributed by atoms with Gasteiger partial charge in [-0.1, -0.05) is 6.07 Å². The van der Waals surface area contributed by atoms with Crippen molar-refractivity contribution in [3.8, 4) is 5.69 Å². The van der Waals surface area contributed by atoms with Gasteiger partial charge in [-0.3, -0.25) is 10.1 Å². The number of nitrogens with zero attached hydrogens (tertiary/aromatic N) is 3. The zero-order valence-corrected chi connectivity index (χ0v) is 11.4. The molecule has 1 aliphatic carbocycles. The summed E-state index contributed by atoms with van der Waals surface area (Å²) in [7, 11) is 0. The Labute approximate surface area is 120 Å². The number of carboxylic acids is 1. The van der Waals surface area contributed by atoms with Crippen LogP contribution < -0.4 is 0 Å². The first-order valence-electron chi connectivity index (χ1n) is 6.59. The van der Waals surface area contributed by atoms with E-state index in [-0.39, 0.29) is 11.4 Å². The third-order valence-electron chi connectivity index (χ3n) is 3.83. The Kier molecular flexibility index (Phi) is 2.97. The van der Waals surface area contributed by atoms with Gasteiger partial charge >= 0.3 is 5.97 Å². The van der Waals surface area contributed by atoms with Crippen LogP contribution in [0.2, 0.25) is 0 Å². The van der Waals surface area contributed by atoms with Crippen LogP contribution in [0.3, 0.4) is 0 Å². The molecule has 2 aromatic rings. The number of nitro groups is 1. The molecule has 0 aliphatic heterocycles. The van der Waals surface area contributed by atoms with Gasteiger partial charge in [0.05, 0.1) is 16.2 Å². The Hall–Kier alpha value is -2.70. The van der Waals surface area contributed by atoms with Crippen molar-refractivity contribution in [1.82, 2.24) is 9.78 Å². The van der Waals surface area contributed by atoms with Crippen LogP contribution in [0.25, 0.3) is 5.69 Å². The molecule has 1 aromatic carbocycles. The molecule has 7 heteroatoms. The van der Waals surface area contributed by atoms with Crippen LogP contribution in [0, 0.1) is 17.0 Å². The minimum atomic E-state index is -1.06. The molecule has 3 rings (SSSR count). The van der Waals surface area contributed by atoms with Crippen molar-refractivity contribution in [3.05, 3.63) is 50.8 Å². The Morgan fingerprint density at radius 1 is 1.43 bits per heavy atom. The van der Waals surface area contributed by atoms with Gasteiger partial charge in [0.25, 0.3) is 5.69 Å². The summed E-state index contributed by atoms with van der Waals surface area (Å²) in [6, 6.07) is 4.74.